The van der Waals surface area contributed by atoms with Crippen LogP contribution >= 0.6 is 0 Å². The molecule has 7 nitrogen and oxygen atoms in total. The summed E-state index contributed by atoms with van der Waals surface area (Å²) in [6.45, 7) is 4.31. The number of fused-ring (bicyclic) bond motifs is 1. The van der Waals surface area contributed by atoms with Crippen LogP contribution < -0.4 is 20.1 Å². The molecule has 27 heavy (non-hydrogen) atoms. The first-order valence-electron chi connectivity index (χ1n) is 9.05. The van der Waals surface area contributed by atoms with Gasteiger partial charge in [-0.1, -0.05) is 13.8 Å². The van der Waals surface area contributed by atoms with Crippen LogP contribution in [0.4, 0.5) is 17.5 Å². The van der Waals surface area contributed by atoms with Gasteiger partial charge in [-0.25, -0.2) is 4.98 Å². The monoisotopic (exact) mass is 367 g/mol. The maximum absolute atomic E-state index is 5.45. The molecule has 0 unspecified atom stereocenters. The van der Waals surface area contributed by atoms with Crippen LogP contribution in [0.3, 0.4) is 0 Å². The molecular weight excluding hydrogens is 342 g/mol. The maximum Gasteiger partial charge on any atom is 0.229 e. The molecule has 0 aliphatic rings. The number of nitrogens with one attached hydrogen (secondary N) is 2. The quantitative estimate of drug-likeness (QED) is 0.611. The van der Waals surface area contributed by atoms with E-state index in [1.165, 1.54) is 0 Å². The van der Waals surface area contributed by atoms with Crippen LogP contribution in [0, 0.1) is 0 Å². The Labute approximate surface area is 159 Å². The fraction of sp³-hybridized carbons (Fsp3) is 0.350. The van der Waals surface area contributed by atoms with E-state index in [0.717, 1.165) is 35.2 Å². The minimum Gasteiger partial charge on any atom is -0.493 e. The zero-order valence-electron chi connectivity index (χ0n) is 16.1. The highest BCUT2D eigenvalue weighted by molar-refractivity contribution is 5.93. The predicted octanol–water partition coefficient (Wildman–Crippen LogP) is 4.39. The summed E-state index contributed by atoms with van der Waals surface area (Å²) in [4.78, 5) is 13.5. The first-order chi connectivity index (χ1) is 13.2. The van der Waals surface area contributed by atoms with Crippen LogP contribution in [0.1, 0.15) is 26.7 Å². The summed E-state index contributed by atoms with van der Waals surface area (Å²) in [6.07, 6.45) is 5.46. The van der Waals surface area contributed by atoms with Gasteiger partial charge in [0.1, 0.15) is 5.82 Å². The lowest BCUT2D eigenvalue weighted by Crippen LogP contribution is -2.18. The second kappa shape index (κ2) is 8.53. The Morgan fingerprint density at radius 3 is 2.41 bits per heavy atom. The Balaban J connectivity index is 2.11. The zero-order valence-corrected chi connectivity index (χ0v) is 16.1. The molecule has 0 saturated heterocycles. The Morgan fingerprint density at radius 1 is 1.04 bits per heavy atom. The number of nitrogens with zero attached hydrogens (tertiary/aromatic N) is 3. The molecule has 3 aromatic rings. The van der Waals surface area contributed by atoms with Gasteiger partial charge < -0.3 is 20.1 Å². The number of rotatable bonds is 8. The topological polar surface area (TPSA) is 81.2 Å². The van der Waals surface area contributed by atoms with Gasteiger partial charge in [-0.05, 0) is 31.0 Å². The van der Waals surface area contributed by atoms with Gasteiger partial charge in [-0.3, -0.25) is 4.98 Å². The molecule has 0 amide bonds. The summed E-state index contributed by atoms with van der Waals surface area (Å²) in [5.74, 6) is 2.54. The summed E-state index contributed by atoms with van der Waals surface area (Å²) in [5.41, 5.74) is 1.59. The summed E-state index contributed by atoms with van der Waals surface area (Å²) in [7, 11) is 3.24. The normalized spacial score (nSPS) is 10.9. The highest BCUT2D eigenvalue weighted by atomic mass is 16.5. The van der Waals surface area contributed by atoms with E-state index in [1.54, 1.807) is 26.6 Å². The summed E-state index contributed by atoms with van der Waals surface area (Å²) in [5, 5.41) is 7.63. The van der Waals surface area contributed by atoms with Crippen molar-refractivity contribution in [2.45, 2.75) is 32.7 Å². The Bertz CT molecular complexity index is 898. The summed E-state index contributed by atoms with van der Waals surface area (Å²) < 4.78 is 10.9. The average Bonchev–Trinajstić information content (AvgIpc) is 2.71. The second-order valence-electron chi connectivity index (χ2n) is 6.14. The molecule has 7 heteroatoms. The first kappa shape index (κ1) is 18.7. The van der Waals surface area contributed by atoms with Gasteiger partial charge in [-0.2, -0.15) is 4.98 Å². The number of ether oxygens (including phenoxy) is 2. The summed E-state index contributed by atoms with van der Waals surface area (Å²) in [6, 6.07) is 7.88. The molecule has 3 rings (SSSR count). The highest BCUT2D eigenvalue weighted by Gasteiger charge is 2.15. The van der Waals surface area contributed by atoms with Crippen molar-refractivity contribution in [2.75, 3.05) is 24.9 Å². The van der Waals surface area contributed by atoms with Crippen molar-refractivity contribution in [3.63, 3.8) is 0 Å². The number of hydrogen-bond donors (Lipinski definition) is 2. The molecule has 2 N–H and O–H groups in total. The maximum atomic E-state index is 5.45. The van der Waals surface area contributed by atoms with E-state index in [-0.39, 0.29) is 0 Å². The molecule has 0 fully saturated rings. The van der Waals surface area contributed by atoms with Crippen LogP contribution in [-0.2, 0) is 0 Å². The van der Waals surface area contributed by atoms with Gasteiger partial charge in [0.15, 0.2) is 11.5 Å². The van der Waals surface area contributed by atoms with E-state index in [1.807, 2.05) is 24.3 Å². The van der Waals surface area contributed by atoms with Crippen molar-refractivity contribution in [3.8, 4) is 11.5 Å². The molecule has 2 heterocycles. The van der Waals surface area contributed by atoms with Crippen molar-refractivity contribution in [3.05, 3.63) is 36.7 Å². The molecule has 142 valence electrons. The van der Waals surface area contributed by atoms with Crippen molar-refractivity contribution in [1.82, 2.24) is 15.0 Å². The predicted molar refractivity (Wildman–Crippen MR) is 108 cm³/mol. The standard InChI is InChI=1S/C20H25N5O2/c1-5-13(6-2)22-19-15-10-17(26-3)18(27-4)11-16(15)24-20(25-19)23-14-8-7-9-21-12-14/h7-13H,5-6H2,1-4H3,(H2,22,23,24,25). The lowest BCUT2D eigenvalue weighted by atomic mass is 10.1. The minimum atomic E-state index is 0.322. The first-order valence-corrected chi connectivity index (χ1v) is 9.05. The molecule has 2 aromatic heterocycles. The number of hydrogen-bond acceptors (Lipinski definition) is 7. The molecule has 0 aliphatic heterocycles. The van der Waals surface area contributed by atoms with E-state index in [4.69, 9.17) is 14.5 Å². The number of methoxy groups -OCH3 is 2. The number of anilines is 3. The van der Waals surface area contributed by atoms with E-state index < -0.39 is 0 Å². The summed E-state index contributed by atoms with van der Waals surface area (Å²) >= 11 is 0. The molecule has 1 aromatic carbocycles. The second-order valence-corrected chi connectivity index (χ2v) is 6.14. The minimum absolute atomic E-state index is 0.322. The Hall–Kier alpha value is -3.09. The van der Waals surface area contributed by atoms with Gasteiger partial charge >= 0.3 is 0 Å². The van der Waals surface area contributed by atoms with Gasteiger partial charge in [-0.15, -0.1) is 0 Å². The number of aromatic nitrogens is 3. The van der Waals surface area contributed by atoms with E-state index in [9.17, 15) is 0 Å². The number of benzene rings is 1. The van der Waals surface area contributed by atoms with Gasteiger partial charge in [0, 0.05) is 23.7 Å². The van der Waals surface area contributed by atoms with E-state index >= 15 is 0 Å². The number of pyridine rings is 1. The highest BCUT2D eigenvalue weighted by Crippen LogP contribution is 2.35. The van der Waals surface area contributed by atoms with Gasteiger partial charge in [0.2, 0.25) is 5.95 Å². The molecule has 0 saturated carbocycles. The Morgan fingerprint density at radius 2 is 1.78 bits per heavy atom. The van der Waals surface area contributed by atoms with E-state index in [0.29, 0.717) is 23.5 Å². The molecule has 0 atom stereocenters. The molecule has 0 aliphatic carbocycles. The lowest BCUT2D eigenvalue weighted by molar-refractivity contribution is 0.356. The van der Waals surface area contributed by atoms with E-state index in [2.05, 4.69) is 34.4 Å². The largest absolute Gasteiger partial charge is 0.493 e. The van der Waals surface area contributed by atoms with Crippen LogP contribution in [0.15, 0.2) is 36.7 Å². The third-order valence-corrected chi connectivity index (χ3v) is 4.45. The van der Waals surface area contributed by atoms with Crippen molar-refractivity contribution >= 4 is 28.4 Å². The average molecular weight is 367 g/mol. The third-order valence-electron chi connectivity index (χ3n) is 4.45. The van der Waals surface area contributed by atoms with Crippen LogP contribution in [0.25, 0.3) is 10.9 Å². The van der Waals surface area contributed by atoms with Crippen molar-refractivity contribution in [2.24, 2.45) is 0 Å². The van der Waals surface area contributed by atoms with Crippen LogP contribution in [0.5, 0.6) is 11.5 Å². The Kier molecular flexibility index (Phi) is 5.90. The molecular formula is C20H25N5O2. The van der Waals surface area contributed by atoms with Crippen molar-refractivity contribution in [1.29, 1.82) is 0 Å². The fourth-order valence-electron chi connectivity index (χ4n) is 2.87. The third kappa shape index (κ3) is 4.19. The molecule has 0 radical (unpaired) electrons. The zero-order chi connectivity index (χ0) is 19.2. The van der Waals surface area contributed by atoms with Crippen LogP contribution in [0.2, 0.25) is 0 Å². The van der Waals surface area contributed by atoms with Crippen LogP contribution in [-0.4, -0.2) is 35.2 Å². The van der Waals surface area contributed by atoms with Gasteiger partial charge in [0.05, 0.1) is 31.6 Å². The molecule has 0 spiro atoms. The van der Waals surface area contributed by atoms with Gasteiger partial charge in [0.25, 0.3) is 0 Å². The SMILES string of the molecule is CCC(CC)Nc1nc(Nc2cccnc2)nc2cc(OC)c(OC)cc12. The molecule has 0 bridgehead atoms. The fourth-order valence-corrected chi connectivity index (χ4v) is 2.87. The smallest absolute Gasteiger partial charge is 0.229 e. The lowest BCUT2D eigenvalue weighted by Gasteiger charge is -2.19. The van der Waals surface area contributed by atoms with Crippen molar-refractivity contribution < 1.29 is 9.47 Å².